The number of hydrogen-bond donors (Lipinski definition) is 5. The first-order valence-electron chi connectivity index (χ1n) is 9.88. The quantitative estimate of drug-likeness (QED) is 0.345. The fraction of sp³-hybridized carbons (Fsp3) is 0.364. The van der Waals surface area contributed by atoms with Gasteiger partial charge in [0.15, 0.2) is 6.04 Å². The van der Waals surface area contributed by atoms with Crippen LogP contribution in [0.25, 0.3) is 0 Å². The molecule has 154 valence electrons. The number of ether oxygens (including phenoxy) is 1. The van der Waals surface area contributed by atoms with Gasteiger partial charge in [0.2, 0.25) is 0 Å². The van der Waals surface area contributed by atoms with Gasteiger partial charge in [0.25, 0.3) is 0 Å². The van der Waals surface area contributed by atoms with Crippen LogP contribution in [0.2, 0.25) is 0 Å². The Balaban J connectivity index is 1.84. The van der Waals surface area contributed by atoms with E-state index in [9.17, 15) is 9.90 Å². The molecule has 0 saturated carbocycles. The number of carbonyl (C=O) groups is 1. The van der Waals surface area contributed by atoms with Crippen LogP contribution >= 0.6 is 0 Å². The molecule has 29 heavy (non-hydrogen) atoms. The fourth-order valence-electron chi connectivity index (χ4n) is 3.45. The Morgan fingerprint density at radius 3 is 2.48 bits per heavy atom. The topological polar surface area (TPSA) is 120 Å². The van der Waals surface area contributed by atoms with Crippen molar-refractivity contribution in [3.8, 4) is 0 Å². The SMILES string of the molecule is CCc1cc(NC2CCOCC2)cc(C(Nc2ccc(C(=N)N)cc2)C(=O)O)c1. The second-order valence-corrected chi connectivity index (χ2v) is 7.25. The Morgan fingerprint density at radius 2 is 1.90 bits per heavy atom. The van der Waals surface area contributed by atoms with E-state index in [1.165, 1.54) is 0 Å². The zero-order valence-electron chi connectivity index (χ0n) is 16.6. The lowest BCUT2D eigenvalue weighted by atomic mass is 10.00. The summed E-state index contributed by atoms with van der Waals surface area (Å²) in [5.74, 6) is -0.975. The zero-order valence-corrected chi connectivity index (χ0v) is 16.6. The standard InChI is InChI=1S/C22H28N4O3/c1-2-14-11-16(13-19(12-14)25-18-7-9-29-10-8-18)20(22(27)28)26-17-5-3-15(4-6-17)21(23)24/h3-6,11-13,18,20,25-26H,2,7-10H2,1H3,(H3,23,24)(H,27,28). The van der Waals surface area contributed by atoms with Crippen molar-refractivity contribution in [1.29, 1.82) is 5.41 Å². The van der Waals surface area contributed by atoms with Gasteiger partial charge in [-0.05, 0) is 66.8 Å². The van der Waals surface area contributed by atoms with Crippen LogP contribution in [0.5, 0.6) is 0 Å². The molecular weight excluding hydrogens is 368 g/mol. The van der Waals surface area contributed by atoms with Gasteiger partial charge in [-0.2, -0.15) is 0 Å². The highest BCUT2D eigenvalue weighted by molar-refractivity contribution is 5.95. The molecule has 3 rings (SSSR count). The minimum Gasteiger partial charge on any atom is -0.479 e. The molecule has 1 heterocycles. The maximum Gasteiger partial charge on any atom is 0.330 e. The van der Waals surface area contributed by atoms with Gasteiger partial charge in [-0.1, -0.05) is 13.0 Å². The van der Waals surface area contributed by atoms with E-state index in [4.69, 9.17) is 15.9 Å². The summed E-state index contributed by atoms with van der Waals surface area (Å²) in [6, 6.07) is 12.2. The zero-order chi connectivity index (χ0) is 20.8. The van der Waals surface area contributed by atoms with Gasteiger partial charge < -0.3 is 26.2 Å². The number of carboxylic acid groups (broad SMARTS) is 1. The molecule has 2 aromatic rings. The van der Waals surface area contributed by atoms with Crippen LogP contribution in [0, 0.1) is 5.41 Å². The molecule has 1 atom stereocenters. The van der Waals surface area contributed by atoms with E-state index in [-0.39, 0.29) is 5.84 Å². The largest absolute Gasteiger partial charge is 0.479 e. The summed E-state index contributed by atoms with van der Waals surface area (Å²) in [6.07, 6.45) is 2.69. The third-order valence-corrected chi connectivity index (χ3v) is 5.10. The number of benzene rings is 2. The van der Waals surface area contributed by atoms with Crippen LogP contribution in [0.1, 0.15) is 42.5 Å². The second kappa shape index (κ2) is 9.43. The molecule has 1 saturated heterocycles. The number of aryl methyl sites for hydroxylation is 1. The van der Waals surface area contributed by atoms with Crippen molar-refractivity contribution >= 4 is 23.2 Å². The smallest absolute Gasteiger partial charge is 0.330 e. The summed E-state index contributed by atoms with van der Waals surface area (Å²) in [4.78, 5) is 12.0. The van der Waals surface area contributed by atoms with Crippen LogP contribution in [0.4, 0.5) is 11.4 Å². The van der Waals surface area contributed by atoms with Crippen LogP contribution < -0.4 is 16.4 Å². The van der Waals surface area contributed by atoms with Crippen molar-refractivity contribution in [2.75, 3.05) is 23.8 Å². The number of nitrogens with two attached hydrogens (primary N) is 1. The first-order chi connectivity index (χ1) is 14.0. The highest BCUT2D eigenvalue weighted by Crippen LogP contribution is 2.26. The van der Waals surface area contributed by atoms with Crippen LogP contribution in [0.3, 0.4) is 0 Å². The van der Waals surface area contributed by atoms with Crippen molar-refractivity contribution in [3.63, 3.8) is 0 Å². The number of nitrogen functional groups attached to an aromatic ring is 1. The van der Waals surface area contributed by atoms with E-state index >= 15 is 0 Å². The minimum atomic E-state index is -0.953. The third kappa shape index (κ3) is 5.48. The maximum absolute atomic E-state index is 12.0. The molecule has 0 bridgehead atoms. The lowest BCUT2D eigenvalue weighted by Crippen LogP contribution is -2.28. The Morgan fingerprint density at radius 1 is 1.21 bits per heavy atom. The van der Waals surface area contributed by atoms with Crippen LogP contribution in [-0.4, -0.2) is 36.2 Å². The molecule has 2 aromatic carbocycles. The molecule has 0 aromatic heterocycles. The third-order valence-electron chi connectivity index (χ3n) is 5.10. The van der Waals surface area contributed by atoms with Crippen LogP contribution in [-0.2, 0) is 16.0 Å². The Bertz CT molecular complexity index is 861. The monoisotopic (exact) mass is 396 g/mol. The number of amidine groups is 1. The van der Waals surface area contributed by atoms with E-state index in [1.54, 1.807) is 24.3 Å². The molecule has 1 aliphatic heterocycles. The molecule has 1 aliphatic rings. The molecule has 0 amide bonds. The maximum atomic E-state index is 12.0. The lowest BCUT2D eigenvalue weighted by Gasteiger charge is -2.25. The van der Waals surface area contributed by atoms with Crippen molar-refractivity contribution in [2.45, 2.75) is 38.3 Å². The van der Waals surface area contributed by atoms with Gasteiger partial charge >= 0.3 is 5.97 Å². The van der Waals surface area contributed by atoms with Gasteiger partial charge in [-0.3, -0.25) is 5.41 Å². The highest BCUT2D eigenvalue weighted by atomic mass is 16.5. The number of anilines is 2. The summed E-state index contributed by atoms with van der Waals surface area (Å²) in [6.45, 7) is 3.54. The van der Waals surface area contributed by atoms with Gasteiger partial charge in [-0.15, -0.1) is 0 Å². The van der Waals surface area contributed by atoms with Gasteiger partial charge in [-0.25, -0.2) is 4.79 Å². The van der Waals surface area contributed by atoms with Gasteiger partial charge in [0.1, 0.15) is 5.84 Å². The highest BCUT2D eigenvalue weighted by Gasteiger charge is 2.22. The number of hydrogen-bond acceptors (Lipinski definition) is 5. The summed E-state index contributed by atoms with van der Waals surface area (Å²) in [5, 5.41) is 23.9. The molecule has 1 fully saturated rings. The molecule has 0 spiro atoms. The second-order valence-electron chi connectivity index (χ2n) is 7.25. The van der Waals surface area contributed by atoms with Crippen molar-refractivity contribution in [1.82, 2.24) is 0 Å². The Labute approximate surface area is 170 Å². The van der Waals surface area contributed by atoms with E-state index in [1.807, 2.05) is 12.1 Å². The molecule has 6 N–H and O–H groups in total. The van der Waals surface area contributed by atoms with E-state index in [0.29, 0.717) is 22.9 Å². The lowest BCUT2D eigenvalue weighted by molar-refractivity contribution is -0.138. The fourth-order valence-corrected chi connectivity index (χ4v) is 3.45. The predicted octanol–water partition coefficient (Wildman–Crippen LogP) is 3.36. The predicted molar refractivity (Wildman–Crippen MR) is 115 cm³/mol. The van der Waals surface area contributed by atoms with E-state index in [2.05, 4.69) is 23.6 Å². The Hall–Kier alpha value is -3.06. The van der Waals surface area contributed by atoms with Crippen molar-refractivity contribution < 1.29 is 14.6 Å². The number of aliphatic carboxylic acids is 1. The first kappa shape index (κ1) is 20.7. The van der Waals surface area contributed by atoms with Crippen molar-refractivity contribution in [3.05, 3.63) is 59.2 Å². The number of rotatable bonds is 8. The average molecular weight is 396 g/mol. The Kier molecular flexibility index (Phi) is 6.72. The normalized spacial score (nSPS) is 15.5. The molecule has 7 nitrogen and oxygen atoms in total. The molecule has 0 aliphatic carbocycles. The summed E-state index contributed by atoms with van der Waals surface area (Å²) in [7, 11) is 0. The number of carboxylic acids is 1. The molecule has 7 heteroatoms. The van der Waals surface area contributed by atoms with Crippen molar-refractivity contribution in [2.24, 2.45) is 5.73 Å². The van der Waals surface area contributed by atoms with Gasteiger partial charge in [0.05, 0.1) is 0 Å². The van der Waals surface area contributed by atoms with Crippen LogP contribution in [0.15, 0.2) is 42.5 Å². The average Bonchev–Trinajstić information content (AvgIpc) is 2.72. The van der Waals surface area contributed by atoms with E-state index < -0.39 is 12.0 Å². The summed E-state index contributed by atoms with van der Waals surface area (Å²) in [5.41, 5.74) is 9.45. The molecule has 0 radical (unpaired) electrons. The summed E-state index contributed by atoms with van der Waals surface area (Å²) >= 11 is 0. The molecular formula is C22H28N4O3. The first-order valence-corrected chi connectivity index (χ1v) is 9.88. The molecule has 1 unspecified atom stereocenters. The minimum absolute atomic E-state index is 0.0224. The number of nitrogens with one attached hydrogen (secondary N) is 3. The summed E-state index contributed by atoms with van der Waals surface area (Å²) < 4.78 is 5.42. The van der Waals surface area contributed by atoms with Gasteiger partial charge in [0, 0.05) is 36.2 Å². The van der Waals surface area contributed by atoms with E-state index in [0.717, 1.165) is 43.7 Å².